The smallest absolute Gasteiger partial charge is 0.413 e. The summed E-state index contributed by atoms with van der Waals surface area (Å²) in [6.45, 7) is 3.91. The van der Waals surface area contributed by atoms with Crippen LogP contribution in [0.25, 0.3) is 11.0 Å². The molecular weight excluding hydrogens is 420 g/mol. The SMILES string of the molecule is COC(=O)Nc1nc2cc(C3(O)c4ccccc4C(=O)N3c3cc(C)cc(C)c3)ccc2[nH]1. The first-order valence-corrected chi connectivity index (χ1v) is 10.4. The Morgan fingerprint density at radius 1 is 1.09 bits per heavy atom. The molecule has 8 nitrogen and oxygen atoms in total. The Hall–Kier alpha value is -4.17. The molecule has 0 bridgehead atoms. The Balaban J connectivity index is 1.69. The number of ether oxygens (including phenoxy) is 1. The number of imidazole rings is 1. The molecular formula is C25H22N4O4. The summed E-state index contributed by atoms with van der Waals surface area (Å²) in [6, 6.07) is 18.0. The van der Waals surface area contributed by atoms with Crippen LogP contribution in [0, 0.1) is 13.8 Å². The fourth-order valence-corrected chi connectivity index (χ4v) is 4.46. The summed E-state index contributed by atoms with van der Waals surface area (Å²) in [5, 5.41) is 14.7. The summed E-state index contributed by atoms with van der Waals surface area (Å²) in [7, 11) is 1.27. The molecule has 2 heterocycles. The third-order valence-electron chi connectivity index (χ3n) is 5.82. The molecule has 0 spiro atoms. The van der Waals surface area contributed by atoms with Crippen molar-refractivity contribution in [3.63, 3.8) is 0 Å². The maximum absolute atomic E-state index is 13.5. The van der Waals surface area contributed by atoms with Crippen molar-refractivity contribution < 1.29 is 19.4 Å². The number of aliphatic hydroxyl groups is 1. The second kappa shape index (κ2) is 7.46. The monoisotopic (exact) mass is 442 g/mol. The lowest BCUT2D eigenvalue weighted by Gasteiger charge is -2.35. The Bertz CT molecular complexity index is 1410. The molecule has 166 valence electrons. The van der Waals surface area contributed by atoms with Gasteiger partial charge in [-0.05, 0) is 55.3 Å². The molecule has 1 unspecified atom stereocenters. The van der Waals surface area contributed by atoms with Gasteiger partial charge in [-0.1, -0.05) is 30.3 Å². The Morgan fingerprint density at radius 3 is 2.55 bits per heavy atom. The van der Waals surface area contributed by atoms with Crippen LogP contribution in [-0.2, 0) is 10.5 Å². The molecule has 1 aliphatic rings. The average molecular weight is 442 g/mol. The van der Waals surface area contributed by atoms with Crippen LogP contribution in [0.1, 0.15) is 32.6 Å². The quantitative estimate of drug-likeness (QED) is 0.441. The van der Waals surface area contributed by atoms with Gasteiger partial charge in [-0.25, -0.2) is 9.78 Å². The molecule has 0 radical (unpaired) electrons. The van der Waals surface area contributed by atoms with Crippen LogP contribution in [-0.4, -0.2) is 34.2 Å². The number of nitrogens with zero attached hydrogens (tertiary/aromatic N) is 2. The number of nitrogens with one attached hydrogen (secondary N) is 2. The van der Waals surface area contributed by atoms with Crippen LogP contribution in [0.2, 0.25) is 0 Å². The number of aromatic amines is 1. The number of aromatic nitrogens is 2. The Morgan fingerprint density at radius 2 is 1.82 bits per heavy atom. The van der Waals surface area contributed by atoms with E-state index in [4.69, 9.17) is 0 Å². The minimum atomic E-state index is -1.74. The van der Waals surface area contributed by atoms with E-state index in [0.29, 0.717) is 33.4 Å². The highest BCUT2D eigenvalue weighted by Gasteiger charge is 2.50. The van der Waals surface area contributed by atoms with Crippen molar-refractivity contribution in [2.45, 2.75) is 19.6 Å². The highest BCUT2D eigenvalue weighted by Crippen LogP contribution is 2.45. The molecule has 2 amide bonds. The summed E-state index contributed by atoms with van der Waals surface area (Å²) in [4.78, 5) is 33.9. The molecule has 1 aliphatic heterocycles. The molecule has 8 heteroatoms. The number of H-pyrrole nitrogens is 1. The highest BCUT2D eigenvalue weighted by molar-refractivity contribution is 6.12. The van der Waals surface area contributed by atoms with Crippen molar-refractivity contribution in [1.29, 1.82) is 0 Å². The normalized spacial score (nSPS) is 17.3. The van der Waals surface area contributed by atoms with Crippen molar-refractivity contribution in [1.82, 2.24) is 9.97 Å². The van der Waals surface area contributed by atoms with Gasteiger partial charge in [0.25, 0.3) is 5.91 Å². The largest absolute Gasteiger partial charge is 0.453 e. The maximum Gasteiger partial charge on any atom is 0.413 e. The van der Waals surface area contributed by atoms with Crippen LogP contribution >= 0.6 is 0 Å². The number of fused-ring (bicyclic) bond motifs is 2. The molecule has 3 N–H and O–H groups in total. The first-order chi connectivity index (χ1) is 15.8. The number of rotatable bonds is 3. The minimum absolute atomic E-state index is 0.218. The minimum Gasteiger partial charge on any atom is -0.453 e. The second-order valence-electron chi connectivity index (χ2n) is 8.14. The highest BCUT2D eigenvalue weighted by atomic mass is 16.5. The fourth-order valence-electron chi connectivity index (χ4n) is 4.46. The van der Waals surface area contributed by atoms with Gasteiger partial charge in [0.15, 0.2) is 5.72 Å². The van der Waals surface area contributed by atoms with Crippen LogP contribution in [0.3, 0.4) is 0 Å². The standard InChI is InChI=1S/C25H22N4O4/c1-14-10-15(2)12-17(11-14)29-22(30)18-6-4-5-7-19(18)25(29,32)16-8-9-20-21(13-16)27-23(26-20)28-24(31)33-3/h4-13,32H,1-3H3,(H2,26,27,28,31). The number of methoxy groups -OCH3 is 1. The number of aryl methyl sites for hydroxylation is 2. The van der Waals surface area contributed by atoms with Crippen LogP contribution < -0.4 is 10.2 Å². The molecule has 1 aromatic heterocycles. The van der Waals surface area contributed by atoms with E-state index < -0.39 is 11.8 Å². The second-order valence-corrected chi connectivity index (χ2v) is 8.14. The van der Waals surface area contributed by atoms with Gasteiger partial charge in [0.05, 0.1) is 18.1 Å². The van der Waals surface area contributed by atoms with E-state index >= 15 is 0 Å². The number of carbonyl (C=O) groups excluding carboxylic acids is 2. The number of hydrogen-bond acceptors (Lipinski definition) is 5. The zero-order valence-electron chi connectivity index (χ0n) is 18.3. The summed E-state index contributed by atoms with van der Waals surface area (Å²) < 4.78 is 4.61. The van der Waals surface area contributed by atoms with Crippen molar-refractivity contribution in [2.24, 2.45) is 0 Å². The average Bonchev–Trinajstić information content (AvgIpc) is 3.29. The lowest BCUT2D eigenvalue weighted by molar-refractivity contribution is 0.0704. The lowest BCUT2D eigenvalue weighted by atomic mass is 9.93. The predicted octanol–water partition coefficient (Wildman–Crippen LogP) is 4.21. The zero-order valence-corrected chi connectivity index (χ0v) is 18.3. The lowest BCUT2D eigenvalue weighted by Crippen LogP contribution is -2.45. The van der Waals surface area contributed by atoms with Gasteiger partial charge in [0.1, 0.15) is 0 Å². The van der Waals surface area contributed by atoms with Crippen LogP contribution in [0.4, 0.5) is 16.4 Å². The molecule has 0 aliphatic carbocycles. The van der Waals surface area contributed by atoms with Gasteiger partial charge in [-0.2, -0.15) is 0 Å². The summed E-state index contributed by atoms with van der Waals surface area (Å²) >= 11 is 0. The molecule has 33 heavy (non-hydrogen) atoms. The van der Waals surface area contributed by atoms with Gasteiger partial charge in [0, 0.05) is 22.4 Å². The number of anilines is 2. The summed E-state index contributed by atoms with van der Waals surface area (Å²) in [5.41, 5.74) is 3.42. The molecule has 0 saturated carbocycles. The third kappa shape index (κ3) is 3.23. The van der Waals surface area contributed by atoms with Crippen molar-refractivity contribution in [3.8, 4) is 0 Å². The molecule has 1 atom stereocenters. The first-order valence-electron chi connectivity index (χ1n) is 10.4. The van der Waals surface area contributed by atoms with Crippen molar-refractivity contribution in [3.05, 3.63) is 88.5 Å². The van der Waals surface area contributed by atoms with Crippen LogP contribution in [0.5, 0.6) is 0 Å². The van der Waals surface area contributed by atoms with Gasteiger partial charge >= 0.3 is 6.09 Å². The molecule has 3 aromatic carbocycles. The van der Waals surface area contributed by atoms with E-state index in [1.807, 2.05) is 32.0 Å². The molecule has 0 fully saturated rings. The number of benzene rings is 3. The van der Waals surface area contributed by atoms with Crippen LogP contribution in [0.15, 0.2) is 60.7 Å². The van der Waals surface area contributed by atoms with E-state index in [1.165, 1.54) is 12.0 Å². The third-order valence-corrected chi connectivity index (χ3v) is 5.82. The predicted molar refractivity (Wildman–Crippen MR) is 124 cm³/mol. The van der Waals surface area contributed by atoms with Gasteiger partial charge < -0.3 is 14.8 Å². The molecule has 0 saturated heterocycles. The van der Waals surface area contributed by atoms with Gasteiger partial charge in [0.2, 0.25) is 5.95 Å². The zero-order chi connectivity index (χ0) is 23.3. The van der Waals surface area contributed by atoms with Gasteiger partial charge in [-0.3, -0.25) is 15.0 Å². The van der Waals surface area contributed by atoms with Crippen molar-refractivity contribution >= 4 is 34.7 Å². The Kier molecular flexibility index (Phi) is 4.68. The summed E-state index contributed by atoms with van der Waals surface area (Å²) in [6.07, 6.45) is -0.649. The number of amides is 2. The number of carbonyl (C=O) groups is 2. The van der Waals surface area contributed by atoms with E-state index in [9.17, 15) is 14.7 Å². The van der Waals surface area contributed by atoms with E-state index in [1.54, 1.807) is 42.5 Å². The van der Waals surface area contributed by atoms with Crippen molar-refractivity contribution in [2.75, 3.05) is 17.3 Å². The fraction of sp³-hybridized carbons (Fsp3) is 0.160. The van der Waals surface area contributed by atoms with Gasteiger partial charge in [-0.15, -0.1) is 0 Å². The molecule has 4 aromatic rings. The first kappa shape index (κ1) is 20.7. The van der Waals surface area contributed by atoms with E-state index in [0.717, 1.165) is 11.1 Å². The molecule has 5 rings (SSSR count). The summed E-state index contributed by atoms with van der Waals surface area (Å²) in [5.74, 6) is -0.0664. The number of hydrogen-bond donors (Lipinski definition) is 3. The maximum atomic E-state index is 13.5. The topological polar surface area (TPSA) is 108 Å². The van der Waals surface area contributed by atoms with E-state index in [2.05, 4.69) is 20.0 Å². The Labute approximate surface area is 189 Å². The van der Waals surface area contributed by atoms with E-state index in [-0.39, 0.29) is 11.9 Å².